The van der Waals surface area contributed by atoms with Gasteiger partial charge in [-0.15, -0.1) is 0 Å². The molecule has 5 aromatic rings. The SMILES string of the molecule is O=C(OCC1CCN(Cc2ccccc2)CC1)C(O)(c1ccccc1)c1cccc(OCCCCCCCNC[C@H](O)c2ccc(O)c3[nH]c(=O)ccc23)c1. The fourth-order valence-corrected chi connectivity index (χ4v) is 7.31. The predicted octanol–water partition coefficient (Wildman–Crippen LogP) is 6.58. The van der Waals surface area contributed by atoms with Crippen LogP contribution in [0.2, 0.25) is 0 Å². The molecule has 4 aromatic carbocycles. The maximum atomic E-state index is 13.8. The molecule has 1 aliphatic heterocycles. The number of aliphatic hydroxyl groups excluding tert-OH is 1. The van der Waals surface area contributed by atoms with Gasteiger partial charge < -0.3 is 35.1 Å². The topological polar surface area (TPSA) is 144 Å². The van der Waals surface area contributed by atoms with Crippen molar-refractivity contribution in [1.29, 1.82) is 0 Å². The average Bonchev–Trinajstić information content (AvgIpc) is 3.22. The summed E-state index contributed by atoms with van der Waals surface area (Å²) in [6.07, 6.45) is 5.96. The van der Waals surface area contributed by atoms with Crippen LogP contribution in [0.3, 0.4) is 0 Å². The summed E-state index contributed by atoms with van der Waals surface area (Å²) in [5.74, 6) is 0.112. The van der Waals surface area contributed by atoms with Crippen molar-refractivity contribution >= 4 is 16.9 Å². The summed E-state index contributed by atoms with van der Waals surface area (Å²) in [7, 11) is 0. The zero-order valence-electron chi connectivity index (χ0n) is 31.4. The maximum absolute atomic E-state index is 13.8. The lowest BCUT2D eigenvalue weighted by molar-refractivity contribution is -0.164. The van der Waals surface area contributed by atoms with E-state index in [9.17, 15) is 24.9 Å². The van der Waals surface area contributed by atoms with Crippen molar-refractivity contribution in [3.8, 4) is 11.5 Å². The van der Waals surface area contributed by atoms with Gasteiger partial charge in [0, 0.05) is 30.1 Å². The third-order valence-corrected chi connectivity index (χ3v) is 10.5. The van der Waals surface area contributed by atoms with Gasteiger partial charge in [0.15, 0.2) is 0 Å². The number of H-pyrrole nitrogens is 1. The molecule has 2 heterocycles. The number of aliphatic hydroxyl groups is 2. The molecule has 10 heteroatoms. The molecule has 0 bridgehead atoms. The number of hydrogen-bond donors (Lipinski definition) is 5. The van der Waals surface area contributed by atoms with Crippen molar-refractivity contribution in [2.45, 2.75) is 63.2 Å². The quantitative estimate of drug-likeness (QED) is 0.0468. The van der Waals surface area contributed by atoms with E-state index in [2.05, 4.69) is 39.5 Å². The smallest absolute Gasteiger partial charge is 0.347 e. The molecule has 55 heavy (non-hydrogen) atoms. The molecule has 0 radical (unpaired) electrons. The number of carbonyl (C=O) groups is 1. The minimum Gasteiger partial charge on any atom is -0.506 e. The third-order valence-electron chi connectivity index (χ3n) is 10.5. The fraction of sp³-hybridized carbons (Fsp3) is 0.378. The molecule has 1 unspecified atom stereocenters. The Kier molecular flexibility index (Phi) is 14.1. The van der Waals surface area contributed by atoms with Gasteiger partial charge in [0.25, 0.3) is 0 Å². The number of hydrogen-bond acceptors (Lipinski definition) is 9. The highest BCUT2D eigenvalue weighted by molar-refractivity contribution is 5.87. The van der Waals surface area contributed by atoms with E-state index in [1.807, 2.05) is 18.2 Å². The number of ether oxygens (including phenoxy) is 2. The van der Waals surface area contributed by atoms with E-state index in [-0.39, 0.29) is 23.8 Å². The summed E-state index contributed by atoms with van der Waals surface area (Å²) < 4.78 is 12.0. The Morgan fingerprint density at radius 1 is 0.855 bits per heavy atom. The molecule has 1 fully saturated rings. The second kappa shape index (κ2) is 19.5. The number of likely N-dealkylation sites (tertiary alicyclic amines) is 1. The Balaban J connectivity index is 0.916. The summed E-state index contributed by atoms with van der Waals surface area (Å²) >= 11 is 0. The number of aromatic hydroxyl groups is 1. The number of pyridine rings is 1. The number of nitrogens with zero attached hydrogens (tertiary/aromatic N) is 1. The monoisotopic (exact) mass is 747 g/mol. The molecule has 2 atom stereocenters. The van der Waals surface area contributed by atoms with E-state index in [0.29, 0.717) is 46.5 Å². The van der Waals surface area contributed by atoms with Crippen molar-refractivity contribution in [1.82, 2.24) is 15.2 Å². The number of esters is 1. The van der Waals surface area contributed by atoms with Crippen LogP contribution in [0.5, 0.6) is 11.5 Å². The maximum Gasteiger partial charge on any atom is 0.347 e. The molecule has 6 rings (SSSR count). The van der Waals surface area contributed by atoms with Gasteiger partial charge in [-0.05, 0) is 92.2 Å². The number of nitrogens with one attached hydrogen (secondary N) is 2. The lowest BCUT2D eigenvalue weighted by Crippen LogP contribution is -2.40. The molecule has 1 aromatic heterocycles. The van der Waals surface area contributed by atoms with Crippen molar-refractivity contribution in [3.63, 3.8) is 0 Å². The number of rotatable bonds is 19. The van der Waals surface area contributed by atoms with Gasteiger partial charge in [-0.3, -0.25) is 9.69 Å². The molecule has 1 aliphatic rings. The van der Waals surface area contributed by atoms with Crippen LogP contribution in [-0.4, -0.2) is 70.6 Å². The van der Waals surface area contributed by atoms with Crippen LogP contribution in [0.25, 0.3) is 10.9 Å². The Morgan fingerprint density at radius 3 is 2.35 bits per heavy atom. The van der Waals surface area contributed by atoms with Gasteiger partial charge in [0.1, 0.15) is 11.5 Å². The molecule has 0 spiro atoms. The standard InChI is InChI=1S/C45H53N3O7/c49-40-21-19-38(39-20-22-42(51)47-43(39)40)41(50)30-46-25-10-2-1-3-11-28-54-37-18-12-17-36(29-37)45(53,35-15-8-5-9-16-35)44(52)55-32-34-23-26-48(27-24-34)31-33-13-6-4-7-14-33/h4-9,12-22,29,34,41,46,49-50,53H,1-3,10-11,23-28,30-32H2,(H,47,51)/t41-,45?/m0/s1. The normalized spacial score (nSPS) is 15.4. The summed E-state index contributed by atoms with van der Waals surface area (Å²) in [6.45, 7) is 4.69. The summed E-state index contributed by atoms with van der Waals surface area (Å²) in [5.41, 5.74) is 0.841. The first-order valence-electron chi connectivity index (χ1n) is 19.5. The summed E-state index contributed by atoms with van der Waals surface area (Å²) in [5, 5.41) is 36.8. The first-order valence-corrected chi connectivity index (χ1v) is 19.5. The molecule has 5 N–H and O–H groups in total. The van der Waals surface area contributed by atoms with Gasteiger partial charge >= 0.3 is 5.97 Å². The molecule has 1 saturated heterocycles. The number of aromatic amines is 1. The highest BCUT2D eigenvalue weighted by atomic mass is 16.5. The number of carbonyl (C=O) groups excluding carboxylic acids is 1. The van der Waals surface area contributed by atoms with Gasteiger partial charge in [-0.25, -0.2) is 4.79 Å². The van der Waals surface area contributed by atoms with E-state index in [1.165, 1.54) is 17.7 Å². The number of phenolic OH excluding ortho intramolecular Hbond substituents is 1. The Morgan fingerprint density at radius 2 is 1.56 bits per heavy atom. The highest BCUT2D eigenvalue weighted by Crippen LogP contribution is 2.34. The number of phenols is 1. The van der Waals surface area contributed by atoms with Gasteiger partial charge in [-0.2, -0.15) is 0 Å². The van der Waals surface area contributed by atoms with Crippen molar-refractivity contribution in [2.75, 3.05) is 39.4 Å². The average molecular weight is 748 g/mol. The van der Waals surface area contributed by atoms with Gasteiger partial charge in [-0.1, -0.05) is 98.1 Å². The molecular weight excluding hydrogens is 695 g/mol. The summed E-state index contributed by atoms with van der Waals surface area (Å²) in [4.78, 5) is 30.5. The number of fused-ring (bicyclic) bond motifs is 1. The molecular formula is C45H53N3O7. The van der Waals surface area contributed by atoms with E-state index in [0.717, 1.165) is 71.1 Å². The van der Waals surface area contributed by atoms with Crippen LogP contribution in [0, 0.1) is 5.92 Å². The van der Waals surface area contributed by atoms with Crippen LogP contribution in [-0.2, 0) is 21.7 Å². The van der Waals surface area contributed by atoms with Crippen LogP contribution in [0.4, 0.5) is 0 Å². The Bertz CT molecular complexity index is 2010. The van der Waals surface area contributed by atoms with Crippen molar-refractivity contribution in [3.05, 3.63) is 142 Å². The van der Waals surface area contributed by atoms with Crippen LogP contribution < -0.4 is 15.6 Å². The largest absolute Gasteiger partial charge is 0.506 e. The Hall–Kier alpha value is -5.00. The second-order valence-corrected chi connectivity index (χ2v) is 14.5. The number of aromatic nitrogens is 1. The van der Waals surface area contributed by atoms with Gasteiger partial charge in [0.2, 0.25) is 11.2 Å². The van der Waals surface area contributed by atoms with Crippen LogP contribution in [0.1, 0.15) is 73.3 Å². The van der Waals surface area contributed by atoms with Gasteiger partial charge in [0.05, 0.1) is 24.8 Å². The van der Waals surface area contributed by atoms with Crippen LogP contribution in [0.15, 0.2) is 114 Å². The minimum absolute atomic E-state index is 0.0278. The molecule has 290 valence electrons. The lowest BCUT2D eigenvalue weighted by atomic mass is 9.86. The first kappa shape index (κ1) is 39.7. The van der Waals surface area contributed by atoms with E-state index in [1.54, 1.807) is 54.6 Å². The lowest BCUT2D eigenvalue weighted by Gasteiger charge is -2.33. The number of benzene rings is 4. The van der Waals surface area contributed by atoms with Crippen molar-refractivity contribution in [2.24, 2.45) is 5.92 Å². The van der Waals surface area contributed by atoms with E-state index < -0.39 is 17.7 Å². The first-order chi connectivity index (χ1) is 26.8. The Labute approximate surface area is 322 Å². The molecule has 0 aliphatic carbocycles. The van der Waals surface area contributed by atoms with Crippen molar-refractivity contribution < 1.29 is 29.6 Å². The zero-order valence-corrected chi connectivity index (χ0v) is 31.4. The van der Waals surface area contributed by atoms with E-state index in [4.69, 9.17) is 9.47 Å². The fourth-order valence-electron chi connectivity index (χ4n) is 7.31. The number of unbranched alkanes of at least 4 members (excludes halogenated alkanes) is 4. The summed E-state index contributed by atoms with van der Waals surface area (Å²) in [6, 6.07) is 32.7. The number of piperidine rings is 1. The molecule has 0 amide bonds. The van der Waals surface area contributed by atoms with Crippen LogP contribution >= 0.6 is 0 Å². The predicted molar refractivity (Wildman–Crippen MR) is 214 cm³/mol. The second-order valence-electron chi connectivity index (χ2n) is 14.5. The molecule has 10 nitrogen and oxygen atoms in total. The zero-order chi connectivity index (χ0) is 38.5. The van der Waals surface area contributed by atoms with E-state index >= 15 is 0 Å². The minimum atomic E-state index is -1.98. The highest BCUT2D eigenvalue weighted by Gasteiger charge is 2.42. The molecule has 0 saturated carbocycles. The third kappa shape index (κ3) is 10.6.